The fraction of sp³-hybridized carbons (Fsp3) is 0.471. The van der Waals surface area contributed by atoms with Crippen molar-refractivity contribution in [3.63, 3.8) is 0 Å². The van der Waals surface area contributed by atoms with Crippen molar-refractivity contribution in [2.75, 3.05) is 37.7 Å². The number of likely N-dealkylation sites (N-methyl/N-ethyl adjacent to an activating group) is 1. The van der Waals surface area contributed by atoms with Crippen LogP contribution in [0.15, 0.2) is 104 Å². The number of nitrogens with zero attached hydrogens (tertiary/aromatic N) is 3. The van der Waals surface area contributed by atoms with E-state index in [1.807, 2.05) is 70.0 Å². The van der Waals surface area contributed by atoms with Crippen LogP contribution >= 0.6 is 23.5 Å². The number of amides is 2. The predicted molar refractivity (Wildman–Crippen MR) is 305 cm³/mol. The maximum atomic E-state index is 12.7. The number of aromatic nitrogens is 2. The Labute approximate surface area is 489 Å². The number of unbranched alkanes of at least 4 members (excludes halogenated alkanes) is 4. The zero-order valence-electron chi connectivity index (χ0n) is 46.7. The van der Waals surface area contributed by atoms with E-state index >= 15 is 0 Å². The van der Waals surface area contributed by atoms with Gasteiger partial charge in [-0.25, -0.2) is 26.9 Å². The van der Waals surface area contributed by atoms with Crippen molar-refractivity contribution in [3.8, 4) is 0 Å². The summed E-state index contributed by atoms with van der Waals surface area (Å²) < 4.78 is 124. The summed E-state index contributed by atoms with van der Waals surface area (Å²) in [7, 11) is -26.3. The zero-order valence-corrected chi connectivity index (χ0v) is 51.1. The van der Waals surface area contributed by atoms with E-state index in [2.05, 4.69) is 33.3 Å². The molecule has 1 saturated heterocycles. The predicted octanol–water partition coefficient (Wildman–Crippen LogP) is 3.91. The van der Waals surface area contributed by atoms with E-state index < -0.39 is 96.9 Å². The number of hydrogen-bond acceptors (Lipinski definition) is 19. The highest BCUT2D eigenvalue weighted by Gasteiger charge is 2.48. The molecule has 0 aliphatic carbocycles. The molecule has 34 heteroatoms. The van der Waals surface area contributed by atoms with Crippen LogP contribution in [0.2, 0.25) is 0 Å². The van der Waals surface area contributed by atoms with Gasteiger partial charge in [-0.2, -0.15) is 21.6 Å². The van der Waals surface area contributed by atoms with Gasteiger partial charge >= 0.3 is 29.2 Å². The first-order valence-electron chi connectivity index (χ1n) is 26.5. The first-order valence-corrected chi connectivity index (χ1v) is 33.9. The maximum Gasteiger partial charge on any atom is 0.490 e. The van der Waals surface area contributed by atoms with Crippen molar-refractivity contribution in [1.82, 2.24) is 20.2 Å². The van der Waals surface area contributed by atoms with Crippen LogP contribution in [0, 0.1) is 0 Å². The second kappa shape index (κ2) is 27.7. The normalized spacial score (nSPS) is 21.5. The SMILES string of the molecule is CCN1C(=CC=CC=CC2=[N+](CCCCCC(=O)NCCCCCC(=O)NCC=Cc3cn([C@@H]4O[C@H](COP(=O)(O)OP(=O)(O)OP(=O)(O)O)[C@@H](O)[C@H]4O)c(=O)[nH]c3=O)c3ccc(S(=O)(=O)O)cc3C2(C)C)C(C)(C)c2cc(S(=O)(=O)[O-])ccc21. The lowest BCUT2D eigenvalue weighted by Gasteiger charge is -2.25. The number of aromatic amines is 1. The van der Waals surface area contributed by atoms with Gasteiger partial charge in [-0.1, -0.05) is 50.6 Å². The van der Waals surface area contributed by atoms with Crippen molar-refractivity contribution < 1.29 is 101 Å². The molecule has 3 aliphatic rings. The summed E-state index contributed by atoms with van der Waals surface area (Å²) in [6, 6.07) is 8.92. The van der Waals surface area contributed by atoms with Crippen LogP contribution in [0.1, 0.15) is 109 Å². The summed E-state index contributed by atoms with van der Waals surface area (Å²) >= 11 is 0. The fourth-order valence-electron chi connectivity index (χ4n) is 10.0. The number of H-pyrrole nitrogens is 1. The molecule has 0 spiro atoms. The van der Waals surface area contributed by atoms with Crippen molar-refractivity contribution in [2.24, 2.45) is 0 Å². The van der Waals surface area contributed by atoms with Gasteiger partial charge in [0.25, 0.3) is 15.7 Å². The third-order valence-corrected chi connectivity index (χ3v) is 19.7. The van der Waals surface area contributed by atoms with Gasteiger partial charge in [-0.05, 0) is 88.4 Å². The molecule has 2 aromatic carbocycles. The standard InChI is InChI=1S/C51H69N6O23P3S2/c1-6-55-38-24-22-34(84(71,72)73)29-36(38)50(2,3)41(55)18-10-7-11-19-42-51(4,5)37-30-35(85(74,75)76)23-25-39(37)56(42)28-15-9-13-21-43(58)52-26-14-8-12-20-44(59)53-27-16-17-33-31-57(49(63)54-47(33)62)48-46(61)45(60)40(78-48)32-77-82(67,68)80-83(69,70)79-81(64,65)66/h7,10-11,16-19,22-25,29-31,40,45-46,48,60-61H,6,8-9,12-15,20-21,26-28,32H2,1-5H3,(H8-,52,53,54,58,59,62,63,64,65,66,67,68,69,70,71,72,73,74,75,76)/t40-,45-,46-,48-/m1/s1. The molecule has 4 heterocycles. The van der Waals surface area contributed by atoms with Gasteiger partial charge in [-0.3, -0.25) is 33.0 Å². The van der Waals surface area contributed by atoms with Gasteiger partial charge < -0.3 is 54.6 Å². The second-order valence-corrected chi connectivity index (χ2v) is 28.2. The molecular weight excluding hydrogens is 1220 g/mol. The summed E-state index contributed by atoms with van der Waals surface area (Å²) in [6.45, 7) is 10.2. The number of rotatable bonds is 29. The highest BCUT2D eigenvalue weighted by molar-refractivity contribution is 7.86. The molecule has 0 saturated carbocycles. The van der Waals surface area contributed by atoms with Crippen LogP contribution in [0.3, 0.4) is 0 Å². The first-order chi connectivity index (χ1) is 39.5. The van der Waals surface area contributed by atoms with Gasteiger partial charge in [0.15, 0.2) is 11.9 Å². The van der Waals surface area contributed by atoms with Gasteiger partial charge in [0.05, 0.1) is 27.4 Å². The number of aliphatic hydroxyl groups is 2. The van der Waals surface area contributed by atoms with E-state index in [1.54, 1.807) is 12.1 Å². The van der Waals surface area contributed by atoms with Crippen LogP contribution in [-0.2, 0) is 72.2 Å². The number of phosphoric ester groups is 1. The van der Waals surface area contributed by atoms with Gasteiger partial charge in [0.2, 0.25) is 17.5 Å². The minimum absolute atomic E-state index is 0.0471. The number of allylic oxidation sites excluding steroid dienone is 6. The number of benzene rings is 2. The third-order valence-electron chi connectivity index (χ3n) is 14.2. The van der Waals surface area contributed by atoms with Crippen molar-refractivity contribution in [3.05, 3.63) is 122 Å². The average Bonchev–Trinajstić information content (AvgIpc) is 1.72. The lowest BCUT2D eigenvalue weighted by molar-refractivity contribution is -0.438. The van der Waals surface area contributed by atoms with Gasteiger partial charge in [0, 0.05) is 79.6 Å². The summed E-state index contributed by atoms with van der Waals surface area (Å²) in [5, 5.41) is 26.6. The van der Waals surface area contributed by atoms with Crippen LogP contribution < -0.4 is 26.8 Å². The molecular formula is C51H69N6O23P3S2. The number of hydrogen-bond donors (Lipinski definition) is 10. The van der Waals surface area contributed by atoms with Crippen molar-refractivity contribution in [1.29, 1.82) is 0 Å². The zero-order chi connectivity index (χ0) is 63.1. The molecule has 1 aromatic heterocycles. The Morgan fingerprint density at radius 1 is 0.812 bits per heavy atom. The number of anilines is 1. The number of carbonyl (C=O) groups excluding carboxylic acids is 2. The molecule has 29 nitrogen and oxygen atoms in total. The minimum Gasteiger partial charge on any atom is -0.744 e. The molecule has 6 atom stereocenters. The van der Waals surface area contributed by atoms with Crippen molar-refractivity contribution >= 4 is 78.7 Å². The first kappa shape index (κ1) is 68.7. The molecule has 2 amide bonds. The Morgan fingerprint density at radius 3 is 2.11 bits per heavy atom. The number of ether oxygens (including phenoxy) is 1. The van der Waals surface area contributed by atoms with E-state index in [0.29, 0.717) is 68.3 Å². The molecule has 3 aliphatic heterocycles. The molecule has 0 bridgehead atoms. The summed E-state index contributed by atoms with van der Waals surface area (Å²) in [5.74, 6) is -0.447. The number of aliphatic hydroxyl groups excluding tert-OH is 2. The van der Waals surface area contributed by atoms with E-state index in [1.165, 1.54) is 36.4 Å². The quantitative estimate of drug-likeness (QED) is 0.0155. The second-order valence-electron chi connectivity index (χ2n) is 21.0. The highest BCUT2D eigenvalue weighted by atomic mass is 32.2. The van der Waals surface area contributed by atoms with E-state index in [0.717, 1.165) is 34.5 Å². The molecule has 1 fully saturated rings. The van der Waals surface area contributed by atoms with Crippen LogP contribution in [0.25, 0.3) is 6.08 Å². The van der Waals surface area contributed by atoms with E-state index in [-0.39, 0.29) is 46.6 Å². The summed E-state index contributed by atoms with van der Waals surface area (Å²) in [5.41, 5.74) is 1.35. The Kier molecular flexibility index (Phi) is 22.4. The van der Waals surface area contributed by atoms with Crippen LogP contribution in [-0.4, -0.2) is 138 Å². The highest BCUT2D eigenvalue weighted by Crippen LogP contribution is 2.66. The van der Waals surface area contributed by atoms with Gasteiger partial charge in [0.1, 0.15) is 35.0 Å². The molecule has 468 valence electrons. The smallest absolute Gasteiger partial charge is 0.490 e. The van der Waals surface area contributed by atoms with Gasteiger partial charge in [-0.15, -0.1) is 0 Å². The molecule has 6 rings (SSSR count). The molecule has 85 heavy (non-hydrogen) atoms. The molecule has 10 N–H and O–H groups in total. The summed E-state index contributed by atoms with van der Waals surface area (Å²) in [4.78, 5) is 90.4. The maximum absolute atomic E-state index is 12.7. The third kappa shape index (κ3) is 17.9. The topological polar surface area (TPSA) is 440 Å². The Balaban J connectivity index is 0.928. The molecule has 2 unspecified atom stereocenters. The van der Waals surface area contributed by atoms with E-state index in [9.17, 15) is 78.8 Å². The Bertz CT molecular complexity index is 3680. The Morgan fingerprint density at radius 2 is 1.46 bits per heavy atom. The monoisotopic (exact) mass is 1290 g/mol. The average molecular weight is 1290 g/mol. The lowest BCUT2D eigenvalue weighted by Crippen LogP contribution is -2.38. The van der Waals surface area contributed by atoms with Crippen LogP contribution in [0.5, 0.6) is 0 Å². The summed E-state index contributed by atoms with van der Waals surface area (Å²) in [6.07, 6.45) is 9.90. The lowest BCUT2D eigenvalue weighted by atomic mass is 9.81. The molecule has 0 radical (unpaired) electrons. The largest absolute Gasteiger partial charge is 0.744 e. The number of fused-ring (bicyclic) bond motifs is 2. The minimum atomic E-state index is -5.86. The molecule has 3 aromatic rings. The number of carbonyl (C=O) groups is 2. The number of nitrogens with one attached hydrogen (secondary N) is 3. The number of phosphoric acid groups is 3. The van der Waals surface area contributed by atoms with Crippen molar-refractivity contribution in [2.45, 2.75) is 131 Å². The van der Waals surface area contributed by atoms with Crippen LogP contribution in [0.4, 0.5) is 11.4 Å². The fourth-order valence-corrected chi connectivity index (χ4v) is 14.1. The Hall–Kier alpha value is -5.40. The van der Waals surface area contributed by atoms with E-state index in [4.69, 9.17) is 14.5 Å².